The highest BCUT2D eigenvalue weighted by Gasteiger charge is 2.08. The van der Waals surface area contributed by atoms with Crippen LogP contribution in [0.25, 0.3) is 0 Å². The topological polar surface area (TPSA) is 79.8 Å². The first-order valence-corrected chi connectivity index (χ1v) is 7.69. The van der Waals surface area contributed by atoms with E-state index in [4.69, 9.17) is 0 Å². The van der Waals surface area contributed by atoms with E-state index in [1.54, 1.807) is 30.6 Å². The minimum atomic E-state index is -0.315. The van der Waals surface area contributed by atoms with Crippen molar-refractivity contribution >= 4 is 11.7 Å². The minimum absolute atomic E-state index is 0.213. The van der Waals surface area contributed by atoms with Crippen molar-refractivity contribution in [2.24, 2.45) is 0 Å². The maximum absolute atomic E-state index is 13.6. The second-order valence-corrected chi connectivity index (χ2v) is 5.27. The zero-order valence-electron chi connectivity index (χ0n) is 13.3. The molecule has 2 aromatic heterocycles. The number of hydrogen-bond donors (Lipinski definition) is 2. The highest BCUT2D eigenvalue weighted by Crippen LogP contribution is 2.09. The van der Waals surface area contributed by atoms with Crippen molar-refractivity contribution in [1.29, 1.82) is 0 Å². The zero-order valence-corrected chi connectivity index (χ0v) is 13.3. The molecule has 0 atom stereocenters. The Bertz CT molecular complexity index is 840. The lowest BCUT2D eigenvalue weighted by atomic mass is 10.2. The van der Waals surface area contributed by atoms with Crippen LogP contribution in [0.3, 0.4) is 0 Å². The summed E-state index contributed by atoms with van der Waals surface area (Å²) in [5, 5.41) is 5.73. The Morgan fingerprint density at radius 2 is 1.80 bits per heavy atom. The number of amides is 1. The minimum Gasteiger partial charge on any atom is -0.365 e. The van der Waals surface area contributed by atoms with E-state index in [-0.39, 0.29) is 24.0 Å². The van der Waals surface area contributed by atoms with Crippen LogP contribution in [-0.4, -0.2) is 20.9 Å². The fraction of sp³-hybridized carbons (Fsp3) is 0.111. The van der Waals surface area contributed by atoms with E-state index in [0.29, 0.717) is 17.9 Å². The summed E-state index contributed by atoms with van der Waals surface area (Å²) in [5.41, 5.74) is 1.69. The molecular weight excluding hydrogens is 321 g/mol. The summed E-state index contributed by atoms with van der Waals surface area (Å²) in [7, 11) is 0. The monoisotopic (exact) mass is 337 g/mol. The van der Waals surface area contributed by atoms with Crippen molar-refractivity contribution < 1.29 is 9.18 Å². The van der Waals surface area contributed by atoms with E-state index in [1.165, 1.54) is 18.5 Å². The number of carbonyl (C=O) groups is 1. The second kappa shape index (κ2) is 7.96. The molecule has 7 heteroatoms. The predicted molar refractivity (Wildman–Crippen MR) is 91.2 cm³/mol. The molecule has 0 saturated heterocycles. The van der Waals surface area contributed by atoms with E-state index in [1.807, 2.05) is 12.1 Å². The summed E-state index contributed by atoms with van der Waals surface area (Å²) in [6.07, 6.45) is 6.16. The van der Waals surface area contributed by atoms with E-state index < -0.39 is 0 Å². The molecule has 1 amide bonds. The number of nitrogens with one attached hydrogen (secondary N) is 2. The zero-order chi connectivity index (χ0) is 17.5. The summed E-state index contributed by atoms with van der Waals surface area (Å²) in [6, 6.07) is 10.1. The van der Waals surface area contributed by atoms with Crippen LogP contribution < -0.4 is 10.6 Å². The Balaban J connectivity index is 1.54. The molecule has 0 bridgehead atoms. The Kier molecular flexibility index (Phi) is 5.26. The molecule has 1 aromatic carbocycles. The standard InChI is InChI=1S/C18H16FN5O/c19-15-4-2-1-3-14(15)10-22-17-12-21-16(11-23-17)18(25)24-9-13-5-7-20-8-6-13/h1-8,11-12H,9-10H2,(H,22,23)(H,24,25). The van der Waals surface area contributed by atoms with Gasteiger partial charge in [0.25, 0.3) is 5.91 Å². The van der Waals surface area contributed by atoms with Crippen LogP contribution in [0.5, 0.6) is 0 Å². The van der Waals surface area contributed by atoms with Crippen LogP contribution in [0.1, 0.15) is 21.6 Å². The Labute approximate surface area is 144 Å². The van der Waals surface area contributed by atoms with Crippen molar-refractivity contribution in [3.63, 3.8) is 0 Å². The number of anilines is 1. The smallest absolute Gasteiger partial charge is 0.271 e. The highest BCUT2D eigenvalue weighted by atomic mass is 19.1. The molecule has 25 heavy (non-hydrogen) atoms. The van der Waals surface area contributed by atoms with Gasteiger partial charge in [-0.2, -0.15) is 0 Å². The van der Waals surface area contributed by atoms with Gasteiger partial charge in [-0.05, 0) is 23.8 Å². The van der Waals surface area contributed by atoms with Crippen LogP contribution in [0.15, 0.2) is 61.2 Å². The number of carbonyl (C=O) groups excluding carboxylic acids is 1. The lowest BCUT2D eigenvalue weighted by molar-refractivity contribution is 0.0945. The van der Waals surface area contributed by atoms with Gasteiger partial charge >= 0.3 is 0 Å². The molecule has 0 fully saturated rings. The number of hydrogen-bond acceptors (Lipinski definition) is 5. The number of nitrogens with zero attached hydrogens (tertiary/aromatic N) is 3. The van der Waals surface area contributed by atoms with Gasteiger partial charge in [-0.1, -0.05) is 18.2 Å². The lowest BCUT2D eigenvalue weighted by Crippen LogP contribution is -2.24. The molecule has 0 saturated carbocycles. The number of benzene rings is 1. The van der Waals surface area contributed by atoms with Gasteiger partial charge in [0.2, 0.25) is 0 Å². The maximum atomic E-state index is 13.6. The normalized spacial score (nSPS) is 10.3. The maximum Gasteiger partial charge on any atom is 0.271 e. The second-order valence-electron chi connectivity index (χ2n) is 5.27. The number of aromatic nitrogens is 3. The molecule has 6 nitrogen and oxygen atoms in total. The summed E-state index contributed by atoms with van der Waals surface area (Å²) in [6.45, 7) is 0.672. The third-order valence-corrected chi connectivity index (χ3v) is 3.50. The van der Waals surface area contributed by atoms with Crippen molar-refractivity contribution in [3.05, 3.63) is 83.8 Å². The van der Waals surface area contributed by atoms with Crippen molar-refractivity contribution in [1.82, 2.24) is 20.3 Å². The fourth-order valence-corrected chi connectivity index (χ4v) is 2.14. The Hall–Kier alpha value is -3.35. The van der Waals surface area contributed by atoms with Gasteiger partial charge in [0, 0.05) is 31.0 Å². The first-order valence-electron chi connectivity index (χ1n) is 7.69. The Morgan fingerprint density at radius 3 is 2.52 bits per heavy atom. The van der Waals surface area contributed by atoms with Crippen LogP contribution in [0.2, 0.25) is 0 Å². The largest absolute Gasteiger partial charge is 0.365 e. The molecule has 0 aliphatic rings. The van der Waals surface area contributed by atoms with Crippen LogP contribution in [0.4, 0.5) is 10.2 Å². The van der Waals surface area contributed by atoms with Crippen molar-refractivity contribution in [3.8, 4) is 0 Å². The van der Waals surface area contributed by atoms with Crippen molar-refractivity contribution in [2.75, 3.05) is 5.32 Å². The molecule has 3 rings (SSSR count). The molecule has 3 aromatic rings. The molecule has 0 aliphatic carbocycles. The van der Waals surface area contributed by atoms with Gasteiger partial charge in [0.15, 0.2) is 0 Å². The third kappa shape index (κ3) is 4.57. The lowest BCUT2D eigenvalue weighted by Gasteiger charge is -2.07. The van der Waals surface area contributed by atoms with Gasteiger partial charge in [-0.3, -0.25) is 9.78 Å². The van der Waals surface area contributed by atoms with Crippen molar-refractivity contribution in [2.45, 2.75) is 13.1 Å². The number of pyridine rings is 1. The highest BCUT2D eigenvalue weighted by molar-refractivity contribution is 5.91. The van der Waals surface area contributed by atoms with Crippen LogP contribution >= 0.6 is 0 Å². The van der Waals surface area contributed by atoms with Gasteiger partial charge in [-0.15, -0.1) is 0 Å². The quantitative estimate of drug-likeness (QED) is 0.723. The molecule has 0 unspecified atom stereocenters. The van der Waals surface area contributed by atoms with Crippen LogP contribution in [-0.2, 0) is 13.1 Å². The molecule has 2 heterocycles. The fourth-order valence-electron chi connectivity index (χ4n) is 2.14. The van der Waals surface area contributed by atoms with E-state index in [9.17, 15) is 9.18 Å². The van der Waals surface area contributed by atoms with Gasteiger partial charge in [0.1, 0.15) is 17.3 Å². The molecule has 0 spiro atoms. The average Bonchev–Trinajstić information content (AvgIpc) is 2.67. The summed E-state index contributed by atoms with van der Waals surface area (Å²) in [5.74, 6) is -0.131. The summed E-state index contributed by atoms with van der Waals surface area (Å²) < 4.78 is 13.6. The summed E-state index contributed by atoms with van der Waals surface area (Å²) in [4.78, 5) is 24.2. The third-order valence-electron chi connectivity index (χ3n) is 3.50. The summed E-state index contributed by atoms with van der Waals surface area (Å²) >= 11 is 0. The first kappa shape index (κ1) is 16.5. The molecule has 2 N–H and O–H groups in total. The number of rotatable bonds is 6. The first-order chi connectivity index (χ1) is 12.2. The number of halogens is 1. The molecule has 126 valence electrons. The van der Waals surface area contributed by atoms with Gasteiger partial charge < -0.3 is 10.6 Å². The van der Waals surface area contributed by atoms with E-state index in [0.717, 1.165) is 5.56 Å². The van der Waals surface area contributed by atoms with E-state index >= 15 is 0 Å². The Morgan fingerprint density at radius 1 is 1.00 bits per heavy atom. The average molecular weight is 337 g/mol. The van der Waals surface area contributed by atoms with Crippen LogP contribution in [0, 0.1) is 5.82 Å². The molecule has 0 aliphatic heterocycles. The van der Waals surface area contributed by atoms with Gasteiger partial charge in [-0.25, -0.2) is 14.4 Å². The molecule has 0 radical (unpaired) electrons. The SMILES string of the molecule is O=C(NCc1ccncc1)c1cnc(NCc2ccccc2F)cn1. The predicted octanol–water partition coefficient (Wildman–Crippen LogP) is 2.55. The van der Waals surface area contributed by atoms with E-state index in [2.05, 4.69) is 25.6 Å². The van der Waals surface area contributed by atoms with Gasteiger partial charge in [0.05, 0.1) is 12.4 Å². The molecular formula is C18H16FN5O.